The molecule has 3 aromatic rings. The van der Waals surface area contributed by atoms with Crippen LogP contribution in [0.4, 0.5) is 8.78 Å². The van der Waals surface area contributed by atoms with Crippen molar-refractivity contribution in [1.29, 1.82) is 0 Å². The second-order valence-corrected chi connectivity index (χ2v) is 13.6. The lowest BCUT2D eigenvalue weighted by Crippen LogP contribution is -2.42. The first-order valence-corrected chi connectivity index (χ1v) is 15.2. The van der Waals surface area contributed by atoms with Crippen molar-refractivity contribution in [1.82, 2.24) is 4.98 Å². The molecule has 2 fully saturated rings. The lowest BCUT2D eigenvalue weighted by molar-refractivity contribution is -0.139. The summed E-state index contributed by atoms with van der Waals surface area (Å²) in [6, 6.07) is 7.64. The topological polar surface area (TPSA) is 103 Å². The first kappa shape index (κ1) is 26.7. The zero-order valence-electron chi connectivity index (χ0n) is 22.3. The van der Waals surface area contributed by atoms with Crippen LogP contribution in [0.2, 0.25) is 0 Å². The Hall–Kier alpha value is -3.53. The van der Waals surface area contributed by atoms with E-state index >= 15 is 4.39 Å². The molecule has 2 saturated carbocycles. The highest BCUT2D eigenvalue weighted by Gasteiger charge is 2.60. The van der Waals surface area contributed by atoms with E-state index in [4.69, 9.17) is 9.47 Å². The van der Waals surface area contributed by atoms with Crippen LogP contribution in [0.3, 0.4) is 0 Å². The number of aryl methyl sites for hydroxylation is 2. The van der Waals surface area contributed by atoms with Crippen molar-refractivity contribution in [3.63, 3.8) is 0 Å². The number of nitrogens with zero attached hydrogens (tertiary/aromatic N) is 1. The van der Waals surface area contributed by atoms with Crippen molar-refractivity contribution < 1.29 is 36.6 Å². The van der Waals surface area contributed by atoms with Crippen molar-refractivity contribution in [3.05, 3.63) is 76.0 Å². The molecule has 7 nitrogen and oxygen atoms in total. The molecular formula is C30H29F2NO6S. The van der Waals surface area contributed by atoms with Crippen molar-refractivity contribution in [2.45, 2.75) is 57.0 Å². The van der Waals surface area contributed by atoms with E-state index < -0.39 is 27.4 Å². The summed E-state index contributed by atoms with van der Waals surface area (Å²) in [5, 5.41) is 8.92. The average molecular weight is 570 g/mol. The van der Waals surface area contributed by atoms with Gasteiger partial charge in [-0.2, -0.15) is 0 Å². The van der Waals surface area contributed by atoms with E-state index in [9.17, 15) is 22.7 Å². The van der Waals surface area contributed by atoms with Crippen LogP contribution in [-0.2, 0) is 27.7 Å². The van der Waals surface area contributed by atoms with Gasteiger partial charge in [0.05, 0.1) is 11.2 Å². The fourth-order valence-corrected chi connectivity index (χ4v) is 7.43. The highest BCUT2D eigenvalue weighted by atomic mass is 32.2. The number of carboxylic acids is 1. The number of halogens is 2. The Morgan fingerprint density at radius 3 is 2.42 bits per heavy atom. The molecular weight excluding hydrogens is 540 g/mol. The Morgan fingerprint density at radius 1 is 1.07 bits per heavy atom. The third kappa shape index (κ3) is 4.72. The monoisotopic (exact) mass is 569 g/mol. The number of hydrogen-bond donors (Lipinski definition) is 1. The van der Waals surface area contributed by atoms with Crippen LogP contribution in [0, 0.1) is 37.3 Å². The zero-order valence-corrected chi connectivity index (χ0v) is 23.1. The molecule has 3 aliphatic rings. The molecule has 0 saturated heterocycles. The molecule has 0 spiro atoms. The van der Waals surface area contributed by atoms with E-state index in [0.717, 1.165) is 28.3 Å². The maximum Gasteiger partial charge on any atom is 0.307 e. The normalized spacial score (nSPS) is 24.6. The molecule has 10 heteroatoms. The van der Waals surface area contributed by atoms with Crippen LogP contribution >= 0.6 is 0 Å². The fourth-order valence-electron chi connectivity index (χ4n) is 6.30. The molecule has 1 N–H and O–H groups in total. The van der Waals surface area contributed by atoms with Gasteiger partial charge in [-0.25, -0.2) is 22.2 Å². The number of aliphatic carboxylic acids is 1. The van der Waals surface area contributed by atoms with Gasteiger partial charge in [0, 0.05) is 54.5 Å². The predicted molar refractivity (Wildman–Crippen MR) is 143 cm³/mol. The molecule has 0 amide bonds. The number of benzene rings is 2. The van der Waals surface area contributed by atoms with Gasteiger partial charge in [-0.15, -0.1) is 0 Å². The molecule has 3 aliphatic carbocycles. The largest absolute Gasteiger partial charge is 0.490 e. The van der Waals surface area contributed by atoms with Crippen LogP contribution in [0.25, 0.3) is 11.1 Å². The SMILES string of the molecule is Cc1cc(O[C@H]2C[C@H](S(C)(=O)=O)C2)cc(C)c1-c1cc(COc2cc3c(cn2)[C@H]2[C@@H](C3)[C@@H]2C(=O)O)c(F)cc1F. The smallest absolute Gasteiger partial charge is 0.307 e. The second-order valence-electron chi connectivity index (χ2n) is 11.3. The number of carbonyl (C=O) groups is 1. The minimum absolute atomic E-state index is 0.00698. The Kier molecular flexibility index (Phi) is 6.36. The third-order valence-electron chi connectivity index (χ3n) is 8.51. The van der Waals surface area contributed by atoms with Gasteiger partial charge in [-0.3, -0.25) is 4.79 Å². The van der Waals surface area contributed by atoms with E-state index in [1.807, 2.05) is 13.8 Å². The number of fused-ring (bicyclic) bond motifs is 3. The summed E-state index contributed by atoms with van der Waals surface area (Å²) in [5.41, 5.74) is 4.45. The lowest BCUT2D eigenvalue weighted by Gasteiger charge is -2.34. The quantitative estimate of drug-likeness (QED) is 0.400. The minimum Gasteiger partial charge on any atom is -0.490 e. The molecule has 6 rings (SSSR count). The van der Waals surface area contributed by atoms with Gasteiger partial charge in [-0.1, -0.05) is 0 Å². The minimum atomic E-state index is -3.08. The van der Waals surface area contributed by atoms with Gasteiger partial charge < -0.3 is 14.6 Å². The maximum absolute atomic E-state index is 15.0. The van der Waals surface area contributed by atoms with Crippen molar-refractivity contribution >= 4 is 15.8 Å². The van der Waals surface area contributed by atoms with Crippen molar-refractivity contribution in [3.8, 4) is 22.8 Å². The van der Waals surface area contributed by atoms with E-state index in [2.05, 4.69) is 4.98 Å². The first-order chi connectivity index (χ1) is 18.9. The number of sulfone groups is 1. The predicted octanol–water partition coefficient (Wildman–Crippen LogP) is 5.15. The summed E-state index contributed by atoms with van der Waals surface area (Å²) in [4.78, 5) is 15.6. The Balaban J connectivity index is 1.18. The molecule has 1 aromatic heterocycles. The van der Waals surface area contributed by atoms with Crippen LogP contribution < -0.4 is 9.47 Å². The summed E-state index contributed by atoms with van der Waals surface area (Å²) in [6.45, 7) is 3.49. The zero-order chi connectivity index (χ0) is 28.5. The Bertz CT molecular complexity index is 1630. The first-order valence-electron chi connectivity index (χ1n) is 13.2. The van der Waals surface area contributed by atoms with E-state index in [0.29, 0.717) is 36.5 Å². The molecule has 0 unspecified atom stereocenters. The average Bonchev–Trinajstić information content (AvgIpc) is 3.43. The summed E-state index contributed by atoms with van der Waals surface area (Å²) < 4.78 is 64.9. The van der Waals surface area contributed by atoms with E-state index in [1.54, 1.807) is 24.4 Å². The van der Waals surface area contributed by atoms with Gasteiger partial charge >= 0.3 is 5.97 Å². The second kappa shape index (κ2) is 9.54. The molecule has 0 radical (unpaired) electrons. The molecule has 2 aromatic carbocycles. The Morgan fingerprint density at radius 2 is 1.77 bits per heavy atom. The maximum atomic E-state index is 15.0. The van der Waals surface area contributed by atoms with Gasteiger partial charge in [0.25, 0.3) is 0 Å². The summed E-state index contributed by atoms with van der Waals surface area (Å²) >= 11 is 0. The van der Waals surface area contributed by atoms with Crippen molar-refractivity contribution in [2.75, 3.05) is 6.26 Å². The van der Waals surface area contributed by atoms with Crippen LogP contribution in [0.5, 0.6) is 11.6 Å². The summed E-state index contributed by atoms with van der Waals surface area (Å²) in [7, 11) is -3.08. The van der Waals surface area contributed by atoms with Gasteiger partial charge in [0.2, 0.25) is 5.88 Å². The molecule has 0 aliphatic heterocycles. The number of rotatable bonds is 8. The van der Waals surface area contributed by atoms with Crippen LogP contribution in [0.1, 0.15) is 46.6 Å². The number of pyridine rings is 1. The molecule has 210 valence electrons. The van der Waals surface area contributed by atoms with Crippen LogP contribution in [-0.4, -0.2) is 42.1 Å². The number of hydrogen-bond acceptors (Lipinski definition) is 6. The van der Waals surface area contributed by atoms with Crippen LogP contribution in [0.15, 0.2) is 36.5 Å². The van der Waals surface area contributed by atoms with E-state index in [1.165, 1.54) is 12.3 Å². The lowest BCUT2D eigenvalue weighted by atomic mass is 9.93. The number of aromatic nitrogens is 1. The van der Waals surface area contributed by atoms with Crippen molar-refractivity contribution in [2.24, 2.45) is 11.8 Å². The highest BCUT2D eigenvalue weighted by molar-refractivity contribution is 7.91. The van der Waals surface area contributed by atoms with Gasteiger partial charge in [0.15, 0.2) is 9.84 Å². The highest BCUT2D eigenvalue weighted by Crippen LogP contribution is 2.61. The fraction of sp³-hybridized carbons (Fsp3) is 0.400. The standard InChI is InChI=1S/C30H29F2NO6S/c1-14-4-18(39-19-9-20(10-19)40(3,36)37)5-15(2)27(14)21-7-17(24(31)11-25(21)32)13-38-26-8-16-6-22-28(23(16)12-33-26)29(22)30(34)35/h4-5,7-8,11-12,19-20,22,28-29H,6,9-10,13H2,1-3H3,(H,34,35)/t19-,20-,22-,28-,29+/m1/s1. The molecule has 3 atom stereocenters. The summed E-state index contributed by atoms with van der Waals surface area (Å²) in [5.74, 6) is -1.55. The molecule has 0 bridgehead atoms. The number of carboxylic acid groups (broad SMARTS) is 1. The molecule has 40 heavy (non-hydrogen) atoms. The van der Waals surface area contributed by atoms with Gasteiger partial charge in [-0.05, 0) is 72.2 Å². The Labute approximate surface area is 231 Å². The number of ether oxygens (including phenoxy) is 2. The summed E-state index contributed by atoms with van der Waals surface area (Å²) in [6.07, 6.45) is 4.23. The van der Waals surface area contributed by atoms with E-state index in [-0.39, 0.29) is 46.8 Å². The third-order valence-corrected chi connectivity index (χ3v) is 10.1. The van der Waals surface area contributed by atoms with Gasteiger partial charge in [0.1, 0.15) is 30.1 Å². The molecule has 1 heterocycles.